The Balaban J connectivity index is 2.83. The van der Waals surface area contributed by atoms with E-state index in [4.69, 9.17) is 5.26 Å². The molecule has 1 aromatic carbocycles. The van der Waals surface area contributed by atoms with E-state index in [0.29, 0.717) is 5.69 Å². The third-order valence-corrected chi connectivity index (χ3v) is 2.12. The maximum Gasteiger partial charge on any atom is 0.226 e. The normalized spacial score (nSPS) is 9.82. The predicted molar refractivity (Wildman–Crippen MR) is 69.2 cm³/mol. The highest BCUT2D eigenvalue weighted by Crippen LogP contribution is 2.20. The maximum absolute atomic E-state index is 8.27. The van der Waals surface area contributed by atoms with Crippen LogP contribution in [0.5, 0.6) is 0 Å². The van der Waals surface area contributed by atoms with Crippen molar-refractivity contribution in [2.24, 2.45) is 10.2 Å². The zero-order valence-corrected chi connectivity index (χ0v) is 9.58. The van der Waals surface area contributed by atoms with Crippen molar-refractivity contribution in [2.75, 3.05) is 18.0 Å². The van der Waals surface area contributed by atoms with Gasteiger partial charge in [0.2, 0.25) is 6.19 Å². The highest BCUT2D eigenvalue weighted by Gasteiger charge is 2.02. The molecule has 0 aliphatic carbocycles. The van der Waals surface area contributed by atoms with E-state index in [1.165, 1.54) is 0 Å². The highest BCUT2D eigenvalue weighted by atomic mass is 15.1. The second-order valence-electron chi connectivity index (χ2n) is 3.30. The summed E-state index contributed by atoms with van der Waals surface area (Å²) in [6, 6.07) is 7.49. The molecule has 0 bridgehead atoms. The van der Waals surface area contributed by atoms with Crippen LogP contribution in [-0.2, 0) is 0 Å². The molecule has 0 unspecified atom stereocenters. The summed E-state index contributed by atoms with van der Waals surface area (Å²) in [6.45, 7) is 8.95. The van der Waals surface area contributed by atoms with Gasteiger partial charge in [-0.15, -0.1) is 18.3 Å². The van der Waals surface area contributed by atoms with Crippen molar-refractivity contribution in [3.05, 3.63) is 49.6 Å². The van der Waals surface area contributed by atoms with Gasteiger partial charge in [0.1, 0.15) is 0 Å². The number of benzene rings is 1. The largest absolute Gasteiger partial charge is 0.364 e. The van der Waals surface area contributed by atoms with Gasteiger partial charge in [0.15, 0.2) is 0 Å². The molecule has 0 aliphatic heterocycles. The lowest BCUT2D eigenvalue weighted by atomic mass is 10.2. The van der Waals surface area contributed by atoms with Gasteiger partial charge in [0, 0.05) is 18.8 Å². The summed E-state index contributed by atoms with van der Waals surface area (Å²) in [5.41, 5.74) is 1.72. The van der Waals surface area contributed by atoms with Crippen molar-refractivity contribution in [1.82, 2.24) is 0 Å². The summed E-state index contributed by atoms with van der Waals surface area (Å²) in [5.74, 6) is 0. The SMILES string of the molecule is C=CCN(CC=C)c1ccc(/N=N/C#N)cc1. The first-order valence-corrected chi connectivity index (χ1v) is 5.18. The number of azo groups is 1. The molecule has 1 rings (SSSR count). The number of hydrogen-bond acceptors (Lipinski definition) is 4. The number of hydrogen-bond donors (Lipinski definition) is 0. The summed E-state index contributed by atoms with van der Waals surface area (Å²) >= 11 is 0. The molecule has 0 radical (unpaired) electrons. The molecule has 0 amide bonds. The molecular formula is C13H14N4. The van der Waals surface area contributed by atoms with Crippen LogP contribution in [0.15, 0.2) is 59.8 Å². The third kappa shape index (κ3) is 3.92. The molecule has 0 atom stereocenters. The molecule has 0 aromatic heterocycles. The van der Waals surface area contributed by atoms with Crippen LogP contribution in [0.4, 0.5) is 11.4 Å². The van der Waals surface area contributed by atoms with Crippen LogP contribution >= 0.6 is 0 Å². The van der Waals surface area contributed by atoms with E-state index in [9.17, 15) is 0 Å². The second-order valence-corrected chi connectivity index (χ2v) is 3.30. The van der Waals surface area contributed by atoms with Crippen LogP contribution in [0, 0.1) is 11.5 Å². The second kappa shape index (κ2) is 6.96. The topological polar surface area (TPSA) is 51.8 Å². The van der Waals surface area contributed by atoms with Crippen LogP contribution in [0.3, 0.4) is 0 Å². The van der Waals surface area contributed by atoms with Gasteiger partial charge in [-0.2, -0.15) is 5.26 Å². The van der Waals surface area contributed by atoms with Gasteiger partial charge in [0.05, 0.1) is 5.69 Å². The molecule has 86 valence electrons. The van der Waals surface area contributed by atoms with Crippen molar-refractivity contribution < 1.29 is 0 Å². The fourth-order valence-electron chi connectivity index (χ4n) is 1.41. The summed E-state index contributed by atoms with van der Waals surface area (Å²) < 4.78 is 0. The highest BCUT2D eigenvalue weighted by molar-refractivity contribution is 5.53. The minimum Gasteiger partial charge on any atom is -0.364 e. The van der Waals surface area contributed by atoms with Crippen LogP contribution in [0.1, 0.15) is 0 Å². The molecule has 0 heterocycles. The molecule has 4 nitrogen and oxygen atoms in total. The van der Waals surface area contributed by atoms with Gasteiger partial charge < -0.3 is 4.90 Å². The summed E-state index contributed by atoms with van der Waals surface area (Å²) in [4.78, 5) is 2.12. The van der Waals surface area contributed by atoms with E-state index in [1.54, 1.807) is 6.19 Å². The minimum absolute atomic E-state index is 0.660. The first kappa shape index (κ1) is 12.7. The average molecular weight is 226 g/mol. The van der Waals surface area contributed by atoms with E-state index in [0.717, 1.165) is 18.8 Å². The quantitative estimate of drug-likeness (QED) is 0.424. The summed E-state index contributed by atoms with van der Waals surface area (Å²) in [6.07, 6.45) is 5.30. The van der Waals surface area contributed by atoms with Gasteiger partial charge >= 0.3 is 0 Å². The van der Waals surface area contributed by atoms with E-state index in [-0.39, 0.29) is 0 Å². The number of anilines is 1. The minimum atomic E-state index is 0.660. The van der Waals surface area contributed by atoms with Crippen molar-refractivity contribution in [2.45, 2.75) is 0 Å². The van der Waals surface area contributed by atoms with Gasteiger partial charge in [-0.3, -0.25) is 0 Å². The van der Waals surface area contributed by atoms with Crippen molar-refractivity contribution in [3.63, 3.8) is 0 Å². The van der Waals surface area contributed by atoms with Gasteiger partial charge in [-0.05, 0) is 24.3 Å². The number of nitriles is 1. The number of rotatable bonds is 6. The van der Waals surface area contributed by atoms with Crippen LogP contribution in [-0.4, -0.2) is 13.1 Å². The van der Waals surface area contributed by atoms with Crippen LogP contribution in [0.2, 0.25) is 0 Å². The molecule has 0 saturated carbocycles. The molecule has 1 aromatic rings. The molecule has 0 spiro atoms. The lowest BCUT2D eigenvalue weighted by molar-refractivity contribution is 0.957. The molecule has 17 heavy (non-hydrogen) atoms. The zero-order valence-electron chi connectivity index (χ0n) is 9.58. The Bertz CT molecular complexity index is 429. The Morgan fingerprint density at radius 1 is 1.18 bits per heavy atom. The Kier molecular flexibility index (Phi) is 5.18. The Morgan fingerprint density at radius 2 is 1.76 bits per heavy atom. The Labute approximate surface area is 101 Å². The van der Waals surface area contributed by atoms with Gasteiger partial charge in [-0.25, -0.2) is 0 Å². The number of nitrogens with zero attached hydrogens (tertiary/aromatic N) is 4. The van der Waals surface area contributed by atoms with E-state index in [2.05, 4.69) is 28.3 Å². The van der Waals surface area contributed by atoms with Crippen LogP contribution < -0.4 is 4.90 Å². The molecule has 4 heteroatoms. The molecule has 0 fully saturated rings. The maximum atomic E-state index is 8.27. The van der Waals surface area contributed by atoms with Crippen molar-refractivity contribution in [1.29, 1.82) is 5.26 Å². The molecule has 0 aliphatic rings. The summed E-state index contributed by atoms with van der Waals surface area (Å²) in [7, 11) is 0. The van der Waals surface area contributed by atoms with E-state index >= 15 is 0 Å². The molecule has 0 N–H and O–H groups in total. The van der Waals surface area contributed by atoms with Crippen molar-refractivity contribution in [3.8, 4) is 6.19 Å². The third-order valence-electron chi connectivity index (χ3n) is 2.12. The van der Waals surface area contributed by atoms with Crippen LogP contribution in [0.25, 0.3) is 0 Å². The lowest BCUT2D eigenvalue weighted by Gasteiger charge is -2.21. The standard InChI is InChI=1S/C13H14N4/c1-3-9-17(10-4-2)13-7-5-12(6-8-13)16-15-11-14/h3-8H,1-2,9-10H2/b16-15+. The predicted octanol–water partition coefficient (Wildman–Crippen LogP) is 3.43. The zero-order chi connectivity index (χ0) is 12.5. The molecular weight excluding hydrogens is 212 g/mol. The van der Waals surface area contributed by atoms with Gasteiger partial charge in [0.25, 0.3) is 0 Å². The Hall–Kier alpha value is -2.41. The first-order chi connectivity index (χ1) is 8.31. The monoisotopic (exact) mass is 226 g/mol. The van der Waals surface area contributed by atoms with Gasteiger partial charge in [-0.1, -0.05) is 17.3 Å². The van der Waals surface area contributed by atoms with E-state index < -0.39 is 0 Å². The Morgan fingerprint density at radius 3 is 2.24 bits per heavy atom. The summed E-state index contributed by atoms with van der Waals surface area (Å²) in [5, 5.41) is 15.3. The first-order valence-electron chi connectivity index (χ1n) is 5.18. The van der Waals surface area contributed by atoms with E-state index in [1.807, 2.05) is 36.4 Å². The molecule has 0 saturated heterocycles. The fraction of sp³-hybridized carbons (Fsp3) is 0.154. The fourth-order valence-corrected chi connectivity index (χ4v) is 1.41. The average Bonchev–Trinajstić information content (AvgIpc) is 2.37. The van der Waals surface area contributed by atoms with Crippen molar-refractivity contribution >= 4 is 11.4 Å². The smallest absolute Gasteiger partial charge is 0.226 e. The lowest BCUT2D eigenvalue weighted by Crippen LogP contribution is -2.22.